The SMILES string of the molecule is CCNC(=O)c1cccc(NC(=O)CSc2nnc(-c3ccc(C)c(C)c3)o2)c1. The number of rotatable bonds is 7. The molecule has 3 rings (SSSR count). The van der Waals surface area contributed by atoms with Gasteiger partial charge in [-0.15, -0.1) is 10.2 Å². The quantitative estimate of drug-likeness (QED) is 0.575. The van der Waals surface area contributed by atoms with Crippen LogP contribution in [0.25, 0.3) is 11.5 Å². The van der Waals surface area contributed by atoms with Crippen LogP contribution < -0.4 is 10.6 Å². The van der Waals surface area contributed by atoms with Crippen molar-refractivity contribution in [1.29, 1.82) is 0 Å². The van der Waals surface area contributed by atoms with E-state index in [-0.39, 0.29) is 17.6 Å². The Morgan fingerprint density at radius 3 is 2.66 bits per heavy atom. The molecule has 1 heterocycles. The fourth-order valence-corrected chi connectivity index (χ4v) is 3.15. The number of benzene rings is 2. The molecule has 1 aromatic heterocycles. The molecule has 0 aliphatic carbocycles. The molecule has 0 spiro atoms. The van der Waals surface area contributed by atoms with E-state index in [1.165, 1.54) is 5.56 Å². The number of thioether (sulfide) groups is 1. The third kappa shape index (κ3) is 5.45. The highest BCUT2D eigenvalue weighted by molar-refractivity contribution is 7.99. The minimum Gasteiger partial charge on any atom is -0.411 e. The predicted octanol–water partition coefficient (Wildman–Crippen LogP) is 3.83. The van der Waals surface area contributed by atoms with Gasteiger partial charge in [-0.2, -0.15) is 0 Å². The first kappa shape index (κ1) is 20.6. The Morgan fingerprint density at radius 2 is 1.90 bits per heavy atom. The molecule has 3 aromatic rings. The molecule has 0 saturated heterocycles. The maximum atomic E-state index is 12.2. The number of aromatic nitrogens is 2. The Morgan fingerprint density at radius 1 is 1.07 bits per heavy atom. The van der Waals surface area contributed by atoms with Crippen LogP contribution in [0.3, 0.4) is 0 Å². The number of hydrogen-bond acceptors (Lipinski definition) is 6. The zero-order chi connectivity index (χ0) is 20.8. The van der Waals surface area contributed by atoms with Gasteiger partial charge in [0.15, 0.2) is 0 Å². The molecule has 0 radical (unpaired) electrons. The zero-order valence-corrected chi connectivity index (χ0v) is 17.3. The number of amides is 2. The summed E-state index contributed by atoms with van der Waals surface area (Å²) < 4.78 is 5.65. The van der Waals surface area contributed by atoms with Crippen molar-refractivity contribution >= 4 is 29.3 Å². The number of nitrogens with one attached hydrogen (secondary N) is 2. The lowest BCUT2D eigenvalue weighted by molar-refractivity contribution is -0.113. The summed E-state index contributed by atoms with van der Waals surface area (Å²) in [5.74, 6) is 0.127. The highest BCUT2D eigenvalue weighted by Crippen LogP contribution is 2.25. The second-order valence-corrected chi connectivity index (χ2v) is 7.38. The molecule has 29 heavy (non-hydrogen) atoms. The Balaban J connectivity index is 1.57. The lowest BCUT2D eigenvalue weighted by Gasteiger charge is -2.07. The van der Waals surface area contributed by atoms with Gasteiger partial charge < -0.3 is 15.1 Å². The predicted molar refractivity (Wildman–Crippen MR) is 113 cm³/mol. The summed E-state index contributed by atoms with van der Waals surface area (Å²) in [5.41, 5.74) is 4.23. The summed E-state index contributed by atoms with van der Waals surface area (Å²) in [6.07, 6.45) is 0. The van der Waals surface area contributed by atoms with Gasteiger partial charge in [0, 0.05) is 23.4 Å². The third-order valence-corrected chi connectivity index (χ3v) is 5.05. The molecule has 0 aliphatic rings. The lowest BCUT2D eigenvalue weighted by atomic mass is 10.1. The molecule has 0 saturated carbocycles. The normalized spacial score (nSPS) is 10.6. The molecule has 2 aromatic carbocycles. The maximum Gasteiger partial charge on any atom is 0.277 e. The fourth-order valence-electron chi connectivity index (χ4n) is 2.58. The summed E-state index contributed by atoms with van der Waals surface area (Å²) >= 11 is 1.16. The van der Waals surface area contributed by atoms with E-state index in [2.05, 4.69) is 20.8 Å². The summed E-state index contributed by atoms with van der Waals surface area (Å²) in [4.78, 5) is 24.1. The van der Waals surface area contributed by atoms with Crippen LogP contribution in [-0.4, -0.2) is 34.3 Å². The van der Waals surface area contributed by atoms with Crippen LogP contribution >= 0.6 is 11.8 Å². The second kappa shape index (κ2) is 9.38. The average Bonchev–Trinajstić information content (AvgIpc) is 3.18. The van der Waals surface area contributed by atoms with Crippen molar-refractivity contribution in [3.63, 3.8) is 0 Å². The Bertz CT molecular complexity index is 1030. The number of anilines is 1. The van der Waals surface area contributed by atoms with E-state index < -0.39 is 0 Å². The van der Waals surface area contributed by atoms with Gasteiger partial charge in [0.25, 0.3) is 11.1 Å². The highest BCUT2D eigenvalue weighted by atomic mass is 32.2. The van der Waals surface area contributed by atoms with Gasteiger partial charge in [-0.05, 0) is 62.2 Å². The molecule has 2 N–H and O–H groups in total. The third-order valence-electron chi connectivity index (χ3n) is 4.23. The summed E-state index contributed by atoms with van der Waals surface area (Å²) in [6.45, 7) is 6.46. The molecule has 2 amide bonds. The minimum atomic E-state index is -0.228. The molecule has 0 atom stereocenters. The molecular weight excluding hydrogens is 388 g/mol. The standard InChI is InChI=1S/C21H22N4O3S/c1-4-22-19(27)15-6-5-7-17(11-15)23-18(26)12-29-21-25-24-20(28-21)16-9-8-13(2)14(3)10-16/h5-11H,4,12H2,1-3H3,(H,22,27)(H,23,26). The van der Waals surface area contributed by atoms with E-state index >= 15 is 0 Å². The first-order valence-corrected chi connectivity index (χ1v) is 10.2. The Hall–Kier alpha value is -3.13. The molecule has 0 aliphatic heterocycles. The largest absolute Gasteiger partial charge is 0.411 e. The van der Waals surface area contributed by atoms with Gasteiger partial charge in [0.05, 0.1) is 5.75 Å². The van der Waals surface area contributed by atoms with Gasteiger partial charge in [-0.3, -0.25) is 9.59 Å². The van der Waals surface area contributed by atoms with Gasteiger partial charge >= 0.3 is 0 Å². The molecule has 8 heteroatoms. The smallest absolute Gasteiger partial charge is 0.277 e. The monoisotopic (exact) mass is 410 g/mol. The number of hydrogen-bond donors (Lipinski definition) is 2. The van der Waals surface area contributed by atoms with Crippen LogP contribution in [-0.2, 0) is 4.79 Å². The lowest BCUT2D eigenvalue weighted by Crippen LogP contribution is -2.23. The first-order chi connectivity index (χ1) is 14.0. The average molecular weight is 410 g/mol. The van der Waals surface area contributed by atoms with Gasteiger partial charge in [-0.25, -0.2) is 0 Å². The minimum absolute atomic E-state index is 0.111. The van der Waals surface area contributed by atoms with Crippen LogP contribution in [0.2, 0.25) is 0 Å². The van der Waals surface area contributed by atoms with Gasteiger partial charge in [-0.1, -0.05) is 23.9 Å². The number of nitrogens with zero attached hydrogens (tertiary/aromatic N) is 2. The maximum absolute atomic E-state index is 12.2. The van der Waals surface area contributed by atoms with Crippen LogP contribution in [0.1, 0.15) is 28.4 Å². The highest BCUT2D eigenvalue weighted by Gasteiger charge is 2.13. The zero-order valence-electron chi connectivity index (χ0n) is 16.5. The molecule has 150 valence electrons. The van der Waals surface area contributed by atoms with E-state index in [0.29, 0.717) is 28.9 Å². The van der Waals surface area contributed by atoms with E-state index in [1.807, 2.05) is 39.0 Å². The molecular formula is C21H22N4O3S. The van der Waals surface area contributed by atoms with Crippen LogP contribution in [0.15, 0.2) is 52.1 Å². The van der Waals surface area contributed by atoms with Gasteiger partial charge in [0.2, 0.25) is 11.8 Å². The molecule has 0 bridgehead atoms. The van der Waals surface area contributed by atoms with Crippen molar-refractivity contribution in [1.82, 2.24) is 15.5 Å². The van der Waals surface area contributed by atoms with Crippen molar-refractivity contribution < 1.29 is 14.0 Å². The van der Waals surface area contributed by atoms with E-state index in [0.717, 1.165) is 22.9 Å². The Labute approximate surface area is 173 Å². The van der Waals surface area contributed by atoms with Crippen LogP contribution in [0, 0.1) is 13.8 Å². The van der Waals surface area contributed by atoms with Crippen molar-refractivity contribution in [2.24, 2.45) is 0 Å². The van der Waals surface area contributed by atoms with E-state index in [1.54, 1.807) is 24.3 Å². The van der Waals surface area contributed by atoms with Crippen molar-refractivity contribution in [2.75, 3.05) is 17.6 Å². The summed E-state index contributed by atoms with van der Waals surface area (Å²) in [5, 5.41) is 13.9. The number of carbonyl (C=O) groups excluding carboxylic acids is 2. The fraction of sp³-hybridized carbons (Fsp3) is 0.238. The van der Waals surface area contributed by atoms with Crippen molar-refractivity contribution in [3.05, 3.63) is 59.2 Å². The van der Waals surface area contributed by atoms with E-state index in [4.69, 9.17) is 4.42 Å². The summed E-state index contributed by atoms with van der Waals surface area (Å²) in [6, 6.07) is 12.7. The van der Waals surface area contributed by atoms with E-state index in [9.17, 15) is 9.59 Å². The summed E-state index contributed by atoms with van der Waals surface area (Å²) in [7, 11) is 0. The molecule has 7 nitrogen and oxygen atoms in total. The van der Waals surface area contributed by atoms with Crippen molar-refractivity contribution in [2.45, 2.75) is 26.0 Å². The second-order valence-electron chi connectivity index (χ2n) is 6.45. The first-order valence-electron chi connectivity index (χ1n) is 9.18. The van der Waals surface area contributed by atoms with Crippen molar-refractivity contribution in [3.8, 4) is 11.5 Å². The van der Waals surface area contributed by atoms with Crippen LogP contribution in [0.5, 0.6) is 0 Å². The van der Waals surface area contributed by atoms with Gasteiger partial charge in [0.1, 0.15) is 0 Å². The molecule has 0 fully saturated rings. The Kier molecular flexibility index (Phi) is 6.66. The van der Waals surface area contributed by atoms with Crippen LogP contribution in [0.4, 0.5) is 5.69 Å². The topological polar surface area (TPSA) is 97.1 Å². The number of carbonyl (C=O) groups is 2. The molecule has 0 unspecified atom stereocenters. The number of aryl methyl sites for hydroxylation is 2.